The molecule has 1 fully saturated rings. The number of aromatic nitrogens is 1. The molecule has 1 amide bonds. The number of nitrogens with zero attached hydrogens (tertiary/aromatic N) is 1. The molecule has 0 bridgehead atoms. The van der Waals surface area contributed by atoms with Crippen LogP contribution in [-0.4, -0.2) is 16.9 Å². The van der Waals surface area contributed by atoms with Gasteiger partial charge in [0.1, 0.15) is 0 Å². The van der Waals surface area contributed by atoms with Gasteiger partial charge in [0, 0.05) is 11.3 Å². The Morgan fingerprint density at radius 2 is 2.24 bits per heavy atom. The highest BCUT2D eigenvalue weighted by Crippen LogP contribution is 2.40. The van der Waals surface area contributed by atoms with E-state index in [1.807, 2.05) is 19.2 Å². The molecule has 1 aromatic rings. The number of carbonyl (C=O) groups is 1. The monoisotopic (exact) mass is 275 g/mol. The third kappa shape index (κ3) is 3.66. The normalized spacial score (nSPS) is 16.5. The van der Waals surface area contributed by atoms with Crippen molar-refractivity contribution in [2.75, 3.05) is 5.32 Å². The summed E-state index contributed by atoms with van der Waals surface area (Å²) in [6.07, 6.45) is 2.45. The molecule has 2 rings (SSSR count). The van der Waals surface area contributed by atoms with Crippen LogP contribution in [0, 0.1) is 5.92 Å². The third-order valence-electron chi connectivity index (χ3n) is 2.77. The van der Waals surface area contributed by atoms with Crippen molar-refractivity contribution in [2.45, 2.75) is 38.6 Å². The van der Waals surface area contributed by atoms with Crippen molar-refractivity contribution in [3.63, 3.8) is 0 Å². The zero-order chi connectivity index (χ0) is 11.7. The van der Waals surface area contributed by atoms with E-state index in [0.717, 1.165) is 5.69 Å². The minimum absolute atomic E-state index is 0. The molecule has 1 aliphatic carbocycles. The molecule has 1 aliphatic rings. The Kier molecular flexibility index (Phi) is 4.91. The Balaban J connectivity index is 0.00000144. The number of rotatable bonds is 4. The lowest BCUT2D eigenvalue weighted by atomic mass is 10.1. The van der Waals surface area contributed by atoms with Gasteiger partial charge in [-0.25, -0.2) is 4.98 Å². The molecule has 1 unspecified atom stereocenters. The summed E-state index contributed by atoms with van der Waals surface area (Å²) < 4.78 is 0. The minimum Gasteiger partial charge on any atom is -0.320 e. The number of anilines is 1. The maximum absolute atomic E-state index is 11.7. The molecule has 1 aromatic heterocycles. The minimum atomic E-state index is -0.465. The van der Waals surface area contributed by atoms with Crippen molar-refractivity contribution in [3.05, 3.63) is 11.1 Å². The Hall–Kier alpha value is -0.650. The molecule has 3 N–H and O–H groups in total. The first-order chi connectivity index (χ1) is 7.58. The molecule has 0 radical (unpaired) electrons. The SMILES string of the molecule is CC(C)C(N)C(=O)Nc1nc(C2CC2)cs1.Cl. The maximum Gasteiger partial charge on any atom is 0.243 e. The van der Waals surface area contributed by atoms with Crippen LogP contribution >= 0.6 is 23.7 Å². The van der Waals surface area contributed by atoms with Crippen molar-refractivity contribution in [1.29, 1.82) is 0 Å². The van der Waals surface area contributed by atoms with Crippen LogP contribution in [0.5, 0.6) is 0 Å². The quantitative estimate of drug-likeness (QED) is 0.886. The van der Waals surface area contributed by atoms with Gasteiger partial charge in [-0.15, -0.1) is 23.7 Å². The number of hydrogen-bond donors (Lipinski definition) is 2. The van der Waals surface area contributed by atoms with Crippen LogP contribution in [0.25, 0.3) is 0 Å². The van der Waals surface area contributed by atoms with Crippen LogP contribution in [-0.2, 0) is 4.79 Å². The smallest absolute Gasteiger partial charge is 0.243 e. The fourth-order valence-electron chi connectivity index (χ4n) is 1.40. The first-order valence-electron chi connectivity index (χ1n) is 5.60. The summed E-state index contributed by atoms with van der Waals surface area (Å²) >= 11 is 1.48. The summed E-state index contributed by atoms with van der Waals surface area (Å²) in [4.78, 5) is 16.1. The molecule has 0 spiro atoms. The average Bonchev–Trinajstić information content (AvgIpc) is 2.99. The van der Waals surface area contributed by atoms with Crippen molar-refractivity contribution >= 4 is 34.8 Å². The van der Waals surface area contributed by atoms with E-state index >= 15 is 0 Å². The second kappa shape index (κ2) is 5.80. The van der Waals surface area contributed by atoms with Crippen LogP contribution in [0.15, 0.2) is 5.38 Å². The molecule has 4 nitrogen and oxygen atoms in total. The lowest BCUT2D eigenvalue weighted by Gasteiger charge is -2.13. The van der Waals surface area contributed by atoms with Crippen LogP contribution in [0.1, 0.15) is 38.3 Å². The standard InChI is InChI=1S/C11H17N3OS.ClH/c1-6(2)9(12)10(15)14-11-13-8(5-16-11)7-3-4-7;/h5-7,9H,3-4,12H2,1-2H3,(H,13,14,15);1H. The van der Waals surface area contributed by atoms with Gasteiger partial charge in [-0.05, 0) is 18.8 Å². The molecule has 1 heterocycles. The molecule has 6 heteroatoms. The van der Waals surface area contributed by atoms with Crippen molar-refractivity contribution in [2.24, 2.45) is 11.7 Å². The highest BCUT2D eigenvalue weighted by molar-refractivity contribution is 7.13. The molecule has 0 saturated heterocycles. The molecule has 17 heavy (non-hydrogen) atoms. The van der Waals surface area contributed by atoms with E-state index in [4.69, 9.17) is 5.73 Å². The lowest BCUT2D eigenvalue weighted by Crippen LogP contribution is -2.39. The van der Waals surface area contributed by atoms with Gasteiger partial charge in [0.2, 0.25) is 5.91 Å². The number of amides is 1. The van der Waals surface area contributed by atoms with Gasteiger partial charge in [-0.2, -0.15) is 0 Å². The van der Waals surface area contributed by atoms with E-state index in [1.54, 1.807) is 0 Å². The van der Waals surface area contributed by atoms with E-state index in [2.05, 4.69) is 10.3 Å². The van der Waals surface area contributed by atoms with Crippen molar-refractivity contribution in [3.8, 4) is 0 Å². The second-order valence-corrected chi connectivity index (χ2v) is 5.47. The number of hydrogen-bond acceptors (Lipinski definition) is 4. The largest absolute Gasteiger partial charge is 0.320 e. The van der Waals surface area contributed by atoms with Gasteiger partial charge in [0.25, 0.3) is 0 Å². The van der Waals surface area contributed by atoms with E-state index in [1.165, 1.54) is 24.2 Å². The van der Waals surface area contributed by atoms with E-state index in [0.29, 0.717) is 11.0 Å². The summed E-state index contributed by atoms with van der Waals surface area (Å²) in [6.45, 7) is 3.86. The molecule has 1 atom stereocenters. The van der Waals surface area contributed by atoms with Gasteiger partial charge in [-0.3, -0.25) is 4.79 Å². The summed E-state index contributed by atoms with van der Waals surface area (Å²) in [5.41, 5.74) is 6.86. The van der Waals surface area contributed by atoms with E-state index in [9.17, 15) is 4.79 Å². The van der Waals surface area contributed by atoms with Gasteiger partial charge in [0.05, 0.1) is 11.7 Å². The average molecular weight is 276 g/mol. The second-order valence-electron chi connectivity index (χ2n) is 4.61. The van der Waals surface area contributed by atoms with E-state index < -0.39 is 6.04 Å². The highest BCUT2D eigenvalue weighted by Gasteiger charge is 2.26. The number of thiazole rings is 1. The van der Waals surface area contributed by atoms with Gasteiger partial charge in [-0.1, -0.05) is 13.8 Å². The summed E-state index contributed by atoms with van der Waals surface area (Å²) in [6, 6.07) is -0.465. The van der Waals surface area contributed by atoms with E-state index in [-0.39, 0.29) is 24.2 Å². The molecular formula is C11H18ClN3OS. The Labute approximate surface area is 111 Å². The van der Waals surface area contributed by atoms with Crippen LogP contribution in [0.2, 0.25) is 0 Å². The zero-order valence-electron chi connectivity index (χ0n) is 9.97. The van der Waals surface area contributed by atoms with Crippen molar-refractivity contribution in [1.82, 2.24) is 4.98 Å². The van der Waals surface area contributed by atoms with Crippen LogP contribution in [0.3, 0.4) is 0 Å². The van der Waals surface area contributed by atoms with Gasteiger partial charge >= 0.3 is 0 Å². The predicted molar refractivity (Wildman–Crippen MR) is 72.8 cm³/mol. The van der Waals surface area contributed by atoms with Crippen LogP contribution in [0.4, 0.5) is 5.13 Å². The molecule has 1 saturated carbocycles. The fraction of sp³-hybridized carbons (Fsp3) is 0.636. The fourth-order valence-corrected chi connectivity index (χ4v) is 2.20. The maximum atomic E-state index is 11.7. The molecule has 0 aromatic carbocycles. The highest BCUT2D eigenvalue weighted by atomic mass is 35.5. The lowest BCUT2D eigenvalue weighted by molar-refractivity contribution is -0.118. The number of halogens is 1. The number of nitrogens with two attached hydrogens (primary N) is 1. The Bertz CT molecular complexity index is 390. The number of carbonyl (C=O) groups excluding carboxylic acids is 1. The zero-order valence-corrected chi connectivity index (χ0v) is 11.6. The Morgan fingerprint density at radius 3 is 2.76 bits per heavy atom. The first-order valence-corrected chi connectivity index (χ1v) is 6.47. The summed E-state index contributed by atoms with van der Waals surface area (Å²) in [7, 11) is 0. The molecular weight excluding hydrogens is 258 g/mol. The van der Waals surface area contributed by atoms with Crippen molar-refractivity contribution < 1.29 is 4.79 Å². The summed E-state index contributed by atoms with van der Waals surface area (Å²) in [5.74, 6) is 0.621. The number of nitrogens with one attached hydrogen (secondary N) is 1. The summed E-state index contributed by atoms with van der Waals surface area (Å²) in [5, 5.41) is 5.46. The first kappa shape index (κ1) is 14.4. The third-order valence-corrected chi connectivity index (χ3v) is 3.54. The molecule has 96 valence electrons. The topological polar surface area (TPSA) is 68.0 Å². The Morgan fingerprint density at radius 1 is 1.59 bits per heavy atom. The van der Waals surface area contributed by atoms with Gasteiger partial charge < -0.3 is 11.1 Å². The predicted octanol–water partition coefficient (Wildman–Crippen LogP) is 2.36. The molecule has 0 aliphatic heterocycles. The van der Waals surface area contributed by atoms with Crippen LogP contribution < -0.4 is 11.1 Å². The van der Waals surface area contributed by atoms with Gasteiger partial charge in [0.15, 0.2) is 5.13 Å².